The lowest BCUT2D eigenvalue weighted by atomic mass is 10.1. The van der Waals surface area contributed by atoms with Crippen LogP contribution in [0, 0.1) is 12.8 Å². The Kier molecular flexibility index (Phi) is 4.79. The van der Waals surface area contributed by atoms with Gasteiger partial charge in [0.2, 0.25) is 5.91 Å². The van der Waals surface area contributed by atoms with Crippen molar-refractivity contribution in [1.29, 1.82) is 0 Å². The van der Waals surface area contributed by atoms with Crippen molar-refractivity contribution in [1.82, 2.24) is 9.80 Å². The first-order valence-electron chi connectivity index (χ1n) is 8.23. The molecule has 0 radical (unpaired) electrons. The predicted octanol–water partition coefficient (Wildman–Crippen LogP) is 1.72. The van der Waals surface area contributed by atoms with E-state index < -0.39 is 0 Å². The van der Waals surface area contributed by atoms with Crippen LogP contribution in [-0.2, 0) is 16.0 Å². The number of hydrogen-bond acceptors (Lipinski definition) is 3. The SMILES string of the molecule is COCCN1CC[C@@H]2CN(C(=O)Cc3ccc(C)cc3)C[C@@H]21. The summed E-state index contributed by atoms with van der Waals surface area (Å²) in [5, 5.41) is 0. The number of benzene rings is 1. The number of carbonyl (C=O) groups is 1. The fourth-order valence-corrected chi connectivity index (χ4v) is 3.73. The summed E-state index contributed by atoms with van der Waals surface area (Å²) in [5.41, 5.74) is 2.35. The lowest BCUT2D eigenvalue weighted by Gasteiger charge is -2.24. The largest absolute Gasteiger partial charge is 0.383 e. The van der Waals surface area contributed by atoms with Gasteiger partial charge >= 0.3 is 0 Å². The molecule has 22 heavy (non-hydrogen) atoms. The van der Waals surface area contributed by atoms with Crippen molar-refractivity contribution in [2.45, 2.75) is 25.8 Å². The molecule has 0 saturated carbocycles. The number of likely N-dealkylation sites (tertiary alicyclic amines) is 2. The highest BCUT2D eigenvalue weighted by molar-refractivity contribution is 5.79. The molecular weight excluding hydrogens is 276 g/mol. The van der Waals surface area contributed by atoms with Crippen LogP contribution < -0.4 is 0 Å². The number of nitrogens with zero attached hydrogens (tertiary/aromatic N) is 2. The van der Waals surface area contributed by atoms with Crippen molar-refractivity contribution >= 4 is 5.91 Å². The Balaban J connectivity index is 1.56. The standard InChI is InChI=1S/C18H26N2O2/c1-14-3-5-15(6-4-14)11-18(21)20-12-16-7-8-19(9-10-22-2)17(16)13-20/h3-6,16-17H,7-13H2,1-2H3/t16-,17+/m1/s1. The molecular formula is C18H26N2O2. The van der Waals surface area contributed by atoms with Crippen LogP contribution in [0.25, 0.3) is 0 Å². The second-order valence-corrected chi connectivity index (χ2v) is 6.61. The van der Waals surface area contributed by atoms with E-state index in [4.69, 9.17) is 4.74 Å². The van der Waals surface area contributed by atoms with E-state index in [-0.39, 0.29) is 5.91 Å². The van der Waals surface area contributed by atoms with Gasteiger partial charge in [-0.1, -0.05) is 29.8 Å². The van der Waals surface area contributed by atoms with Crippen LogP contribution in [0.5, 0.6) is 0 Å². The highest BCUT2D eigenvalue weighted by Crippen LogP contribution is 2.31. The number of hydrogen-bond donors (Lipinski definition) is 0. The van der Waals surface area contributed by atoms with Crippen molar-refractivity contribution in [3.8, 4) is 0 Å². The van der Waals surface area contributed by atoms with Gasteiger partial charge in [-0.3, -0.25) is 9.69 Å². The molecule has 0 aromatic heterocycles. The maximum Gasteiger partial charge on any atom is 0.227 e. The van der Waals surface area contributed by atoms with Gasteiger partial charge in [0.15, 0.2) is 0 Å². The highest BCUT2D eigenvalue weighted by atomic mass is 16.5. The van der Waals surface area contributed by atoms with Crippen LogP contribution in [0.3, 0.4) is 0 Å². The summed E-state index contributed by atoms with van der Waals surface area (Å²) in [4.78, 5) is 17.1. The molecule has 0 aliphatic carbocycles. The van der Waals surface area contributed by atoms with Gasteiger partial charge in [0, 0.05) is 32.8 Å². The lowest BCUT2D eigenvalue weighted by molar-refractivity contribution is -0.129. The van der Waals surface area contributed by atoms with Gasteiger partial charge in [-0.2, -0.15) is 0 Å². The van der Waals surface area contributed by atoms with Crippen LogP contribution in [0.15, 0.2) is 24.3 Å². The fraction of sp³-hybridized carbons (Fsp3) is 0.611. The first kappa shape index (κ1) is 15.5. The molecule has 4 heteroatoms. The summed E-state index contributed by atoms with van der Waals surface area (Å²) < 4.78 is 5.19. The summed E-state index contributed by atoms with van der Waals surface area (Å²) in [7, 11) is 1.75. The quantitative estimate of drug-likeness (QED) is 0.830. The molecule has 0 bridgehead atoms. The van der Waals surface area contributed by atoms with Crippen LogP contribution in [-0.4, -0.2) is 61.6 Å². The average Bonchev–Trinajstić information content (AvgIpc) is 3.08. The first-order valence-corrected chi connectivity index (χ1v) is 8.23. The fourth-order valence-electron chi connectivity index (χ4n) is 3.73. The lowest BCUT2D eigenvalue weighted by Crippen LogP contribution is -2.39. The van der Waals surface area contributed by atoms with Gasteiger partial charge < -0.3 is 9.64 Å². The third-order valence-electron chi connectivity index (χ3n) is 5.07. The second-order valence-electron chi connectivity index (χ2n) is 6.61. The Morgan fingerprint density at radius 1 is 1.27 bits per heavy atom. The average molecular weight is 302 g/mol. The van der Waals surface area contributed by atoms with Gasteiger partial charge in [-0.05, 0) is 31.4 Å². The van der Waals surface area contributed by atoms with Crippen molar-refractivity contribution in [2.75, 3.05) is 39.9 Å². The Morgan fingerprint density at radius 3 is 2.77 bits per heavy atom. The third kappa shape index (κ3) is 3.33. The first-order chi connectivity index (χ1) is 10.7. The molecule has 2 heterocycles. The number of aryl methyl sites for hydroxylation is 1. The van der Waals surface area contributed by atoms with Crippen LogP contribution >= 0.6 is 0 Å². The number of amides is 1. The summed E-state index contributed by atoms with van der Waals surface area (Å²) in [6.45, 7) is 6.80. The van der Waals surface area contributed by atoms with E-state index in [1.807, 2.05) is 0 Å². The van der Waals surface area contributed by atoms with E-state index in [1.54, 1.807) is 7.11 Å². The molecule has 2 saturated heterocycles. The monoisotopic (exact) mass is 302 g/mol. The van der Waals surface area contributed by atoms with Gasteiger partial charge in [0.25, 0.3) is 0 Å². The number of methoxy groups -OCH3 is 1. The Hall–Kier alpha value is -1.39. The molecule has 1 amide bonds. The zero-order valence-corrected chi connectivity index (χ0v) is 13.6. The van der Waals surface area contributed by atoms with E-state index in [1.165, 1.54) is 12.0 Å². The summed E-state index contributed by atoms with van der Waals surface area (Å²) >= 11 is 0. The number of carbonyl (C=O) groups excluding carboxylic acids is 1. The maximum absolute atomic E-state index is 12.5. The zero-order chi connectivity index (χ0) is 15.5. The normalized spacial score (nSPS) is 24.7. The van der Waals surface area contributed by atoms with Gasteiger partial charge in [-0.15, -0.1) is 0 Å². The number of fused-ring (bicyclic) bond motifs is 1. The second kappa shape index (κ2) is 6.80. The molecule has 2 aliphatic heterocycles. The van der Waals surface area contributed by atoms with Crippen LogP contribution in [0.2, 0.25) is 0 Å². The van der Waals surface area contributed by atoms with Gasteiger partial charge in [0.1, 0.15) is 0 Å². The van der Waals surface area contributed by atoms with Gasteiger partial charge in [-0.25, -0.2) is 0 Å². The van der Waals surface area contributed by atoms with Crippen molar-refractivity contribution in [2.24, 2.45) is 5.92 Å². The zero-order valence-electron chi connectivity index (χ0n) is 13.6. The molecule has 0 unspecified atom stereocenters. The molecule has 3 rings (SSSR count). The smallest absolute Gasteiger partial charge is 0.227 e. The molecule has 1 aromatic rings. The number of rotatable bonds is 5. The predicted molar refractivity (Wildman–Crippen MR) is 86.8 cm³/mol. The summed E-state index contributed by atoms with van der Waals surface area (Å²) in [6.07, 6.45) is 1.74. The van der Waals surface area contributed by atoms with Crippen molar-refractivity contribution in [3.63, 3.8) is 0 Å². The van der Waals surface area contributed by atoms with E-state index in [0.29, 0.717) is 18.4 Å². The highest BCUT2D eigenvalue weighted by Gasteiger charge is 2.42. The number of ether oxygens (including phenoxy) is 1. The molecule has 2 aliphatic rings. The molecule has 2 atom stereocenters. The van der Waals surface area contributed by atoms with Gasteiger partial charge in [0.05, 0.1) is 13.0 Å². The molecule has 0 N–H and O–H groups in total. The molecule has 2 fully saturated rings. The van der Waals surface area contributed by atoms with E-state index in [9.17, 15) is 4.79 Å². The van der Waals surface area contributed by atoms with Crippen LogP contribution in [0.4, 0.5) is 0 Å². The Labute approximate surface area is 133 Å². The van der Waals surface area contributed by atoms with Crippen molar-refractivity contribution in [3.05, 3.63) is 35.4 Å². The molecule has 4 nitrogen and oxygen atoms in total. The minimum Gasteiger partial charge on any atom is -0.383 e. The maximum atomic E-state index is 12.5. The van der Waals surface area contributed by atoms with E-state index in [2.05, 4.69) is 41.0 Å². The summed E-state index contributed by atoms with van der Waals surface area (Å²) in [5.74, 6) is 0.920. The van der Waals surface area contributed by atoms with Crippen LogP contribution in [0.1, 0.15) is 17.5 Å². The molecule has 0 spiro atoms. The Bertz CT molecular complexity index is 514. The molecule has 1 aromatic carbocycles. The topological polar surface area (TPSA) is 32.8 Å². The minimum absolute atomic E-state index is 0.268. The Morgan fingerprint density at radius 2 is 2.05 bits per heavy atom. The third-order valence-corrected chi connectivity index (χ3v) is 5.07. The van der Waals surface area contributed by atoms with Crippen molar-refractivity contribution < 1.29 is 9.53 Å². The minimum atomic E-state index is 0.268. The van der Waals surface area contributed by atoms with E-state index >= 15 is 0 Å². The summed E-state index contributed by atoms with van der Waals surface area (Å²) in [6, 6.07) is 8.82. The molecule has 120 valence electrons. The van der Waals surface area contributed by atoms with E-state index in [0.717, 1.165) is 38.3 Å².